The van der Waals surface area contributed by atoms with E-state index < -0.39 is 11.8 Å². The van der Waals surface area contributed by atoms with Crippen LogP contribution in [0.4, 0.5) is 4.39 Å². The van der Waals surface area contributed by atoms with Gasteiger partial charge < -0.3 is 14.4 Å². The lowest BCUT2D eigenvalue weighted by Crippen LogP contribution is -2.33. The summed E-state index contributed by atoms with van der Waals surface area (Å²) in [6.45, 7) is 6.12. The maximum Gasteiger partial charge on any atom is 0.336 e. The van der Waals surface area contributed by atoms with Gasteiger partial charge in [0, 0.05) is 41.3 Å². The number of nitrogens with zero attached hydrogens (tertiary/aromatic N) is 2. The number of piperidine rings is 1. The van der Waals surface area contributed by atoms with Crippen LogP contribution in [0.2, 0.25) is 0 Å². The first-order chi connectivity index (χ1) is 15.5. The Morgan fingerprint density at radius 1 is 1.22 bits per heavy atom. The van der Waals surface area contributed by atoms with Crippen LogP contribution in [-0.2, 0) is 17.8 Å². The van der Waals surface area contributed by atoms with Crippen molar-refractivity contribution >= 4 is 32.8 Å². The van der Waals surface area contributed by atoms with Crippen molar-refractivity contribution in [2.45, 2.75) is 38.8 Å². The molecule has 1 saturated heterocycles. The van der Waals surface area contributed by atoms with E-state index in [4.69, 9.17) is 4.74 Å². The Morgan fingerprint density at radius 2 is 1.97 bits per heavy atom. The van der Waals surface area contributed by atoms with Crippen LogP contribution in [0.5, 0.6) is 0 Å². The quantitative estimate of drug-likeness (QED) is 0.404. The van der Waals surface area contributed by atoms with Gasteiger partial charge in [0.2, 0.25) is 0 Å². The number of hydrogen-bond acceptors (Lipinski definition) is 3. The molecule has 32 heavy (non-hydrogen) atoms. The van der Waals surface area contributed by atoms with Gasteiger partial charge in [-0.1, -0.05) is 18.2 Å². The molecule has 1 N–H and O–H groups in total. The Hall–Kier alpha value is -2.22. The van der Waals surface area contributed by atoms with E-state index in [1.807, 2.05) is 6.92 Å². The first-order valence-corrected chi connectivity index (χ1v) is 11.9. The molecule has 0 aliphatic carbocycles. The zero-order valence-corrected chi connectivity index (χ0v) is 19.8. The van der Waals surface area contributed by atoms with Crippen LogP contribution in [0.25, 0.3) is 10.9 Å². The number of ether oxygens (including phenoxy) is 1. The minimum atomic E-state index is -1.08. The highest BCUT2D eigenvalue weighted by Crippen LogP contribution is 2.37. The van der Waals surface area contributed by atoms with Gasteiger partial charge in [-0.3, -0.25) is 4.90 Å². The molecule has 0 unspecified atom stereocenters. The van der Waals surface area contributed by atoms with E-state index in [0.717, 1.165) is 36.9 Å². The molecule has 2 aromatic carbocycles. The van der Waals surface area contributed by atoms with Crippen molar-refractivity contribution in [3.8, 4) is 0 Å². The van der Waals surface area contributed by atoms with Gasteiger partial charge in [-0.15, -0.1) is 0 Å². The topological polar surface area (TPSA) is 54.7 Å². The molecule has 2 heterocycles. The van der Waals surface area contributed by atoms with E-state index in [1.54, 1.807) is 0 Å². The number of hydrogen-bond donors (Lipinski definition) is 1. The summed E-state index contributed by atoms with van der Waals surface area (Å²) in [5.74, 6) is -1.12. The van der Waals surface area contributed by atoms with Gasteiger partial charge in [-0.25, -0.2) is 9.18 Å². The van der Waals surface area contributed by atoms with Crippen molar-refractivity contribution in [3.05, 3.63) is 69.6 Å². The predicted molar refractivity (Wildman–Crippen MR) is 127 cm³/mol. The summed E-state index contributed by atoms with van der Waals surface area (Å²) >= 11 is 3.71. The molecule has 0 amide bonds. The molecule has 1 fully saturated rings. The van der Waals surface area contributed by atoms with Gasteiger partial charge in [0.05, 0.1) is 17.7 Å². The van der Waals surface area contributed by atoms with E-state index in [2.05, 4.69) is 49.8 Å². The Labute approximate surface area is 195 Å². The average molecular weight is 503 g/mol. The van der Waals surface area contributed by atoms with Crippen LogP contribution in [0.3, 0.4) is 0 Å². The van der Waals surface area contributed by atoms with E-state index in [-0.39, 0.29) is 11.1 Å². The fourth-order valence-electron chi connectivity index (χ4n) is 4.70. The number of carboxylic acids is 1. The lowest BCUT2D eigenvalue weighted by Gasteiger charge is -2.32. The van der Waals surface area contributed by atoms with Crippen molar-refractivity contribution in [3.63, 3.8) is 0 Å². The molecule has 0 radical (unpaired) electrons. The van der Waals surface area contributed by atoms with Crippen molar-refractivity contribution in [2.75, 3.05) is 26.3 Å². The molecule has 0 atom stereocenters. The van der Waals surface area contributed by atoms with Gasteiger partial charge in [-0.2, -0.15) is 0 Å². The fraction of sp³-hybridized carbons (Fsp3) is 0.400. The first-order valence-electron chi connectivity index (χ1n) is 11.1. The van der Waals surface area contributed by atoms with Gasteiger partial charge in [0.1, 0.15) is 5.82 Å². The zero-order valence-electron chi connectivity index (χ0n) is 18.2. The molecule has 1 aliphatic rings. The highest BCUT2D eigenvalue weighted by atomic mass is 79.9. The number of fused-ring (bicyclic) bond motifs is 1. The summed E-state index contributed by atoms with van der Waals surface area (Å²) in [4.78, 5) is 13.7. The second kappa shape index (κ2) is 10.1. The molecule has 0 bridgehead atoms. The summed E-state index contributed by atoms with van der Waals surface area (Å²) < 4.78 is 23.3. The molecule has 5 nitrogen and oxygen atoms in total. The highest BCUT2D eigenvalue weighted by Gasteiger charge is 2.26. The van der Waals surface area contributed by atoms with Crippen LogP contribution < -0.4 is 0 Å². The summed E-state index contributed by atoms with van der Waals surface area (Å²) in [7, 11) is 0. The van der Waals surface area contributed by atoms with Crippen LogP contribution >= 0.6 is 15.9 Å². The third-order valence-electron chi connectivity index (χ3n) is 6.32. The maximum absolute atomic E-state index is 14.3. The van der Waals surface area contributed by atoms with Gasteiger partial charge >= 0.3 is 5.97 Å². The molecule has 4 rings (SSSR count). The smallest absolute Gasteiger partial charge is 0.336 e. The van der Waals surface area contributed by atoms with E-state index in [0.29, 0.717) is 25.7 Å². The van der Waals surface area contributed by atoms with Gasteiger partial charge in [0.15, 0.2) is 0 Å². The third-order valence-corrected chi connectivity index (χ3v) is 6.96. The number of aromatic nitrogens is 1. The summed E-state index contributed by atoms with van der Waals surface area (Å²) in [6.07, 6.45) is 4.16. The molecular weight excluding hydrogens is 475 g/mol. The number of aromatic carboxylic acids is 1. The summed E-state index contributed by atoms with van der Waals surface area (Å²) in [5, 5.41) is 10.7. The van der Waals surface area contributed by atoms with Crippen molar-refractivity contribution in [1.29, 1.82) is 0 Å². The van der Waals surface area contributed by atoms with Crippen LogP contribution in [0, 0.1) is 5.82 Å². The van der Waals surface area contributed by atoms with Crippen molar-refractivity contribution in [1.82, 2.24) is 9.47 Å². The van der Waals surface area contributed by atoms with Crippen molar-refractivity contribution < 1.29 is 19.0 Å². The number of halogens is 2. The minimum Gasteiger partial charge on any atom is -0.478 e. The second-order valence-electron chi connectivity index (χ2n) is 8.23. The molecule has 7 heteroatoms. The van der Waals surface area contributed by atoms with E-state index in [1.165, 1.54) is 34.7 Å². The Balaban J connectivity index is 1.50. The largest absolute Gasteiger partial charge is 0.478 e. The number of benzene rings is 2. The molecule has 3 aromatic rings. The molecule has 1 aromatic heterocycles. The highest BCUT2D eigenvalue weighted by molar-refractivity contribution is 9.10. The number of carboxylic acid groups (broad SMARTS) is 1. The van der Waals surface area contributed by atoms with E-state index >= 15 is 0 Å². The molecule has 0 saturated carbocycles. The number of rotatable bonds is 8. The number of carbonyl (C=O) groups is 1. The Kier molecular flexibility index (Phi) is 7.28. The number of likely N-dealkylation sites (tertiary alicyclic amines) is 1. The lowest BCUT2D eigenvalue weighted by molar-refractivity contribution is 0.0693. The first kappa shape index (κ1) is 23.0. The zero-order chi connectivity index (χ0) is 22.7. The van der Waals surface area contributed by atoms with Crippen molar-refractivity contribution in [2.24, 2.45) is 0 Å². The monoisotopic (exact) mass is 502 g/mol. The van der Waals surface area contributed by atoms with Crippen LogP contribution in [0.15, 0.2) is 47.1 Å². The summed E-state index contributed by atoms with van der Waals surface area (Å²) in [5.41, 5.74) is 2.86. The summed E-state index contributed by atoms with van der Waals surface area (Å²) in [6, 6.07) is 10.6. The standard InChI is InChI=1S/C25H28BrFN2O3/c1-2-32-14-13-29-16-20(18-5-3-7-22(26)24(18)29)17-9-11-28(12-10-17)15-21-19(25(30)31)6-4-8-23(21)27/h3-8,16-17H,2,9-15H2,1H3,(H,30,31). The maximum atomic E-state index is 14.3. The molecular formula is C25H28BrFN2O3. The van der Waals surface area contributed by atoms with Gasteiger partial charge in [0.25, 0.3) is 0 Å². The Morgan fingerprint density at radius 3 is 2.69 bits per heavy atom. The van der Waals surface area contributed by atoms with Crippen LogP contribution in [0.1, 0.15) is 47.2 Å². The Bertz CT molecular complexity index is 1110. The average Bonchev–Trinajstić information content (AvgIpc) is 3.15. The number of para-hydroxylation sites is 1. The molecule has 0 spiro atoms. The second-order valence-corrected chi connectivity index (χ2v) is 9.09. The van der Waals surface area contributed by atoms with Gasteiger partial charge in [-0.05, 0) is 78.5 Å². The lowest BCUT2D eigenvalue weighted by atomic mass is 9.89. The molecule has 1 aliphatic heterocycles. The predicted octanol–water partition coefficient (Wildman–Crippen LogP) is 5.66. The van der Waals surface area contributed by atoms with Crippen LogP contribution in [-0.4, -0.2) is 46.8 Å². The SMILES string of the molecule is CCOCCn1cc(C2CCN(Cc3c(F)cccc3C(=O)O)CC2)c2cccc(Br)c21. The fourth-order valence-corrected chi connectivity index (χ4v) is 5.29. The minimum absolute atomic E-state index is 0.0503. The molecule has 170 valence electrons. The third kappa shape index (κ3) is 4.75. The van der Waals surface area contributed by atoms with E-state index in [9.17, 15) is 14.3 Å². The normalized spacial score (nSPS) is 15.5.